The van der Waals surface area contributed by atoms with Gasteiger partial charge in [0.2, 0.25) is 6.41 Å². The molecule has 6 nitrogen and oxygen atoms in total. The van der Waals surface area contributed by atoms with Crippen LogP contribution in [0.25, 0.3) is 10.9 Å². The SMILES string of the molecule is O=CNN1CCN(Nc2ccnc3cc(Cl)ccc23)CC1. The molecule has 1 aromatic carbocycles. The summed E-state index contributed by atoms with van der Waals surface area (Å²) in [4.78, 5) is 14.8. The second kappa shape index (κ2) is 6.26. The smallest absolute Gasteiger partial charge is 0.221 e. The molecule has 21 heavy (non-hydrogen) atoms. The van der Waals surface area contributed by atoms with Crippen LogP contribution in [0.2, 0.25) is 5.02 Å². The molecule has 1 aliphatic heterocycles. The van der Waals surface area contributed by atoms with Crippen LogP contribution in [0.4, 0.5) is 5.69 Å². The number of hydrazine groups is 2. The normalized spacial score (nSPS) is 16.8. The van der Waals surface area contributed by atoms with Gasteiger partial charge in [-0.2, -0.15) is 0 Å². The van der Waals surface area contributed by atoms with Crippen molar-refractivity contribution in [3.8, 4) is 0 Å². The Bertz CT molecular complexity index is 642. The van der Waals surface area contributed by atoms with Gasteiger partial charge in [0, 0.05) is 42.8 Å². The van der Waals surface area contributed by atoms with Crippen LogP contribution < -0.4 is 10.9 Å². The Morgan fingerprint density at radius 1 is 1.14 bits per heavy atom. The fourth-order valence-corrected chi connectivity index (χ4v) is 2.58. The maximum Gasteiger partial charge on any atom is 0.221 e. The van der Waals surface area contributed by atoms with E-state index in [-0.39, 0.29) is 0 Å². The molecule has 0 bridgehead atoms. The first-order chi connectivity index (χ1) is 10.3. The second-order valence-corrected chi connectivity index (χ2v) is 5.29. The molecule has 0 unspecified atom stereocenters. The number of pyridine rings is 1. The molecule has 2 N–H and O–H groups in total. The van der Waals surface area contributed by atoms with Crippen molar-refractivity contribution in [2.24, 2.45) is 0 Å². The quantitative estimate of drug-likeness (QED) is 0.838. The lowest BCUT2D eigenvalue weighted by molar-refractivity contribution is -0.114. The molecule has 0 atom stereocenters. The van der Waals surface area contributed by atoms with E-state index in [2.05, 4.69) is 20.8 Å². The fourth-order valence-electron chi connectivity index (χ4n) is 2.41. The minimum absolute atomic E-state index is 0.681. The molecular weight excluding hydrogens is 290 g/mol. The summed E-state index contributed by atoms with van der Waals surface area (Å²) in [7, 11) is 0. The Labute approximate surface area is 127 Å². The molecule has 0 spiro atoms. The van der Waals surface area contributed by atoms with Crippen molar-refractivity contribution in [1.29, 1.82) is 0 Å². The van der Waals surface area contributed by atoms with Crippen LogP contribution in [-0.2, 0) is 4.79 Å². The number of piperazine rings is 1. The van der Waals surface area contributed by atoms with E-state index >= 15 is 0 Å². The summed E-state index contributed by atoms with van der Waals surface area (Å²) in [6.45, 7) is 3.19. The number of carbonyl (C=O) groups excluding carboxylic acids is 1. The maximum absolute atomic E-state index is 10.4. The number of aromatic nitrogens is 1. The number of nitrogens with one attached hydrogen (secondary N) is 2. The summed E-state index contributed by atoms with van der Waals surface area (Å²) in [5.41, 5.74) is 7.97. The molecule has 1 saturated heterocycles. The van der Waals surface area contributed by atoms with E-state index in [0.29, 0.717) is 11.4 Å². The van der Waals surface area contributed by atoms with Crippen LogP contribution in [0.1, 0.15) is 0 Å². The molecule has 3 rings (SSSR count). The highest BCUT2D eigenvalue weighted by Gasteiger charge is 2.16. The largest absolute Gasteiger partial charge is 0.318 e. The van der Waals surface area contributed by atoms with Crippen LogP contribution in [-0.4, -0.2) is 47.6 Å². The molecule has 2 aromatic rings. The van der Waals surface area contributed by atoms with Crippen LogP contribution in [0, 0.1) is 0 Å². The van der Waals surface area contributed by atoms with Crippen molar-refractivity contribution >= 4 is 34.6 Å². The van der Waals surface area contributed by atoms with Gasteiger partial charge in [-0.3, -0.25) is 15.2 Å². The fraction of sp³-hybridized carbons (Fsp3) is 0.286. The van der Waals surface area contributed by atoms with Gasteiger partial charge < -0.3 is 5.43 Å². The Morgan fingerprint density at radius 3 is 2.67 bits per heavy atom. The van der Waals surface area contributed by atoms with Crippen molar-refractivity contribution in [2.75, 3.05) is 31.6 Å². The van der Waals surface area contributed by atoms with Gasteiger partial charge in [-0.1, -0.05) is 11.6 Å². The molecule has 7 heteroatoms. The first-order valence-corrected chi connectivity index (χ1v) is 7.15. The van der Waals surface area contributed by atoms with Crippen molar-refractivity contribution < 1.29 is 4.79 Å². The van der Waals surface area contributed by atoms with E-state index in [1.54, 1.807) is 6.20 Å². The summed E-state index contributed by atoms with van der Waals surface area (Å²) in [6.07, 6.45) is 2.48. The number of hydrogen-bond donors (Lipinski definition) is 2. The first-order valence-electron chi connectivity index (χ1n) is 6.77. The molecule has 1 amide bonds. The zero-order valence-corrected chi connectivity index (χ0v) is 12.2. The molecule has 1 aliphatic rings. The predicted octanol–water partition coefficient (Wildman–Crippen LogP) is 1.49. The molecule has 1 aromatic heterocycles. The van der Waals surface area contributed by atoms with Crippen LogP contribution in [0.15, 0.2) is 30.5 Å². The molecule has 0 radical (unpaired) electrons. The summed E-state index contributed by atoms with van der Waals surface area (Å²) in [6, 6.07) is 7.64. The monoisotopic (exact) mass is 305 g/mol. The lowest BCUT2D eigenvalue weighted by Crippen LogP contribution is -2.53. The van der Waals surface area contributed by atoms with E-state index in [0.717, 1.165) is 42.8 Å². The number of amides is 1. The van der Waals surface area contributed by atoms with E-state index in [4.69, 9.17) is 11.6 Å². The molecule has 2 heterocycles. The van der Waals surface area contributed by atoms with Crippen molar-refractivity contribution in [2.45, 2.75) is 0 Å². The van der Waals surface area contributed by atoms with Gasteiger partial charge in [-0.25, -0.2) is 10.0 Å². The lowest BCUT2D eigenvalue weighted by Gasteiger charge is -2.34. The number of benzene rings is 1. The minimum atomic E-state index is 0.681. The topological polar surface area (TPSA) is 60.5 Å². The Balaban J connectivity index is 1.72. The number of halogens is 1. The van der Waals surface area contributed by atoms with E-state index < -0.39 is 0 Å². The number of hydrogen-bond acceptors (Lipinski definition) is 5. The van der Waals surface area contributed by atoms with Gasteiger partial charge in [0.15, 0.2) is 0 Å². The van der Waals surface area contributed by atoms with Gasteiger partial charge in [0.05, 0.1) is 11.2 Å². The Hall–Kier alpha value is -1.89. The third-order valence-electron chi connectivity index (χ3n) is 3.50. The maximum atomic E-state index is 10.4. The van der Waals surface area contributed by atoms with Gasteiger partial charge in [0.1, 0.15) is 0 Å². The van der Waals surface area contributed by atoms with Gasteiger partial charge in [-0.05, 0) is 24.3 Å². The van der Waals surface area contributed by atoms with Crippen LogP contribution in [0.5, 0.6) is 0 Å². The van der Waals surface area contributed by atoms with Crippen molar-refractivity contribution in [1.82, 2.24) is 20.4 Å². The zero-order valence-electron chi connectivity index (χ0n) is 11.4. The third kappa shape index (κ3) is 3.24. The molecule has 110 valence electrons. The Kier molecular flexibility index (Phi) is 4.19. The number of nitrogens with zero attached hydrogens (tertiary/aromatic N) is 3. The number of rotatable bonds is 4. The lowest BCUT2D eigenvalue weighted by atomic mass is 10.2. The van der Waals surface area contributed by atoms with Crippen LogP contribution >= 0.6 is 11.6 Å². The number of anilines is 1. The van der Waals surface area contributed by atoms with E-state index in [1.807, 2.05) is 29.3 Å². The van der Waals surface area contributed by atoms with Crippen molar-refractivity contribution in [3.63, 3.8) is 0 Å². The highest BCUT2D eigenvalue weighted by Crippen LogP contribution is 2.24. The number of carbonyl (C=O) groups is 1. The van der Waals surface area contributed by atoms with Gasteiger partial charge >= 0.3 is 0 Å². The first kappa shape index (κ1) is 14.1. The predicted molar refractivity (Wildman–Crippen MR) is 82.7 cm³/mol. The van der Waals surface area contributed by atoms with Gasteiger partial charge in [0.25, 0.3) is 0 Å². The summed E-state index contributed by atoms with van der Waals surface area (Å²) in [5.74, 6) is 0. The standard InChI is InChI=1S/C14H16ClN5O/c15-11-1-2-12-13(3-4-16-14(12)9-11)18-20-7-5-19(6-8-20)17-10-21/h1-4,9-10H,5-8H2,(H,16,18)(H,17,21). The minimum Gasteiger partial charge on any atom is -0.318 e. The number of fused-ring (bicyclic) bond motifs is 1. The molecular formula is C14H16ClN5O. The second-order valence-electron chi connectivity index (χ2n) is 4.85. The van der Waals surface area contributed by atoms with E-state index in [9.17, 15) is 4.79 Å². The van der Waals surface area contributed by atoms with Crippen molar-refractivity contribution in [3.05, 3.63) is 35.5 Å². The van der Waals surface area contributed by atoms with E-state index in [1.165, 1.54) is 0 Å². The third-order valence-corrected chi connectivity index (χ3v) is 3.73. The molecule has 0 aliphatic carbocycles. The summed E-state index contributed by atoms with van der Waals surface area (Å²) >= 11 is 6.00. The molecule has 0 saturated carbocycles. The summed E-state index contributed by atoms with van der Waals surface area (Å²) in [5, 5.41) is 5.75. The van der Waals surface area contributed by atoms with Gasteiger partial charge in [-0.15, -0.1) is 0 Å². The Morgan fingerprint density at radius 2 is 1.90 bits per heavy atom. The zero-order chi connectivity index (χ0) is 14.7. The molecule has 1 fully saturated rings. The highest BCUT2D eigenvalue weighted by atomic mass is 35.5. The van der Waals surface area contributed by atoms with Crippen LogP contribution in [0.3, 0.4) is 0 Å². The average molecular weight is 306 g/mol. The summed E-state index contributed by atoms with van der Waals surface area (Å²) < 4.78 is 0. The average Bonchev–Trinajstić information content (AvgIpc) is 2.49. The highest BCUT2D eigenvalue weighted by molar-refractivity contribution is 6.31.